The van der Waals surface area contributed by atoms with Crippen LogP contribution in [0.2, 0.25) is 0 Å². The van der Waals surface area contributed by atoms with Crippen molar-refractivity contribution in [3.63, 3.8) is 0 Å². The van der Waals surface area contributed by atoms with Crippen LogP contribution in [0.5, 0.6) is 0 Å². The minimum absolute atomic E-state index is 0.292. The van der Waals surface area contributed by atoms with Gasteiger partial charge < -0.3 is 18.9 Å². The Morgan fingerprint density at radius 3 is 1.49 bits per heavy atom. The molecule has 0 amide bonds. The Hall–Kier alpha value is -2.97. The Morgan fingerprint density at radius 2 is 1.00 bits per heavy atom. The molecule has 41 heavy (non-hydrogen) atoms. The van der Waals surface area contributed by atoms with Crippen molar-refractivity contribution < 1.29 is 23.1 Å². The van der Waals surface area contributed by atoms with Crippen LogP contribution in [0.1, 0.15) is 34.7 Å². The summed E-state index contributed by atoms with van der Waals surface area (Å²) >= 11 is 1.33. The van der Waals surface area contributed by atoms with Crippen molar-refractivity contribution in [3.8, 4) is 0 Å². The normalized spacial score (nSPS) is 22.5. The van der Waals surface area contributed by atoms with Crippen molar-refractivity contribution in [2.45, 2.75) is 76.2 Å². The second-order valence-electron chi connectivity index (χ2n) is 10.4. The van der Waals surface area contributed by atoms with E-state index in [1.54, 1.807) is 0 Å². The van der Waals surface area contributed by atoms with Crippen molar-refractivity contribution >= 4 is 12.0 Å². The van der Waals surface area contributed by atoms with Gasteiger partial charge in [-0.25, -0.2) is 0 Å². The molecule has 1 saturated heterocycles. The highest BCUT2D eigenvalue weighted by Crippen LogP contribution is 2.35. The van der Waals surface area contributed by atoms with Crippen molar-refractivity contribution in [1.82, 2.24) is 0 Å². The van der Waals surface area contributed by atoms with E-state index < -0.39 is 18.5 Å². The van der Waals surface area contributed by atoms with E-state index in [4.69, 9.17) is 23.1 Å². The Balaban J connectivity index is 1.41. The number of ether oxygens (including phenoxy) is 4. The zero-order chi connectivity index (χ0) is 28.4. The van der Waals surface area contributed by atoms with E-state index in [9.17, 15) is 0 Å². The van der Waals surface area contributed by atoms with Gasteiger partial charge in [0.25, 0.3) is 0 Å². The summed E-state index contributed by atoms with van der Waals surface area (Å²) in [7, 11) is 0. The molecule has 4 aromatic carbocycles. The van der Waals surface area contributed by atoms with Crippen LogP contribution in [-0.4, -0.2) is 30.7 Å². The van der Waals surface area contributed by atoms with Crippen LogP contribution < -0.4 is 0 Å². The standard InChI is InChI=1S/C35H38O5S/c1-25-14-13-15-26(2)34(25)41-40-35-33(38-24-30-20-11-6-12-21-30)32(37-23-29-18-9-5-10-19-29)31(27(3)39-35)36-22-28-16-7-4-8-17-28/h4-21,27,31-33,35H,22-24H2,1-3H3/t27-,31+,32+,33-,35+/m0/s1. The molecule has 0 bridgehead atoms. The first-order valence-corrected chi connectivity index (χ1v) is 14.8. The van der Waals surface area contributed by atoms with Gasteiger partial charge in [-0.05, 0) is 48.6 Å². The number of hydrogen-bond donors (Lipinski definition) is 0. The van der Waals surface area contributed by atoms with Gasteiger partial charge in [0.15, 0.2) is 6.29 Å². The molecule has 1 aliphatic rings. The van der Waals surface area contributed by atoms with E-state index >= 15 is 0 Å². The topological polar surface area (TPSA) is 46.2 Å². The van der Waals surface area contributed by atoms with Crippen molar-refractivity contribution in [2.75, 3.05) is 0 Å². The van der Waals surface area contributed by atoms with Gasteiger partial charge in [0.1, 0.15) is 18.3 Å². The van der Waals surface area contributed by atoms with Crippen LogP contribution in [0, 0.1) is 13.8 Å². The van der Waals surface area contributed by atoms with Crippen LogP contribution in [0.4, 0.5) is 0 Å². The Morgan fingerprint density at radius 1 is 0.561 bits per heavy atom. The van der Waals surface area contributed by atoms with E-state index in [-0.39, 0.29) is 12.2 Å². The molecular formula is C35H38O5S. The molecule has 5 atom stereocenters. The fourth-order valence-corrected chi connectivity index (χ4v) is 5.72. The molecule has 5 rings (SSSR count). The maximum atomic E-state index is 6.65. The molecule has 0 unspecified atom stereocenters. The smallest absolute Gasteiger partial charge is 0.200 e. The third-order valence-corrected chi connectivity index (χ3v) is 8.31. The minimum Gasteiger partial charge on any atom is -0.368 e. The van der Waals surface area contributed by atoms with E-state index in [0.717, 1.165) is 32.7 Å². The van der Waals surface area contributed by atoms with Gasteiger partial charge in [-0.3, -0.25) is 4.18 Å². The molecule has 4 aromatic rings. The van der Waals surface area contributed by atoms with Crippen molar-refractivity contribution in [3.05, 3.63) is 137 Å². The monoisotopic (exact) mass is 570 g/mol. The Kier molecular flexibility index (Phi) is 10.6. The molecule has 0 N–H and O–H groups in total. The summed E-state index contributed by atoms with van der Waals surface area (Å²) in [4.78, 5) is 1.08. The minimum atomic E-state index is -0.671. The molecule has 214 valence electrons. The van der Waals surface area contributed by atoms with Gasteiger partial charge >= 0.3 is 0 Å². The molecule has 5 nitrogen and oxygen atoms in total. The molecule has 0 spiro atoms. The maximum absolute atomic E-state index is 6.65. The van der Waals surface area contributed by atoms with Crippen LogP contribution in [0.3, 0.4) is 0 Å². The number of rotatable bonds is 12. The zero-order valence-electron chi connectivity index (χ0n) is 23.8. The highest BCUT2D eigenvalue weighted by atomic mass is 32.2. The summed E-state index contributed by atoms with van der Waals surface area (Å²) in [5, 5.41) is 0. The summed E-state index contributed by atoms with van der Waals surface area (Å²) in [6, 6.07) is 36.7. The quantitative estimate of drug-likeness (QED) is 0.162. The summed E-state index contributed by atoms with van der Waals surface area (Å²) in [5.74, 6) is 0. The molecule has 1 aliphatic heterocycles. The molecular weight excluding hydrogens is 532 g/mol. The van der Waals surface area contributed by atoms with Gasteiger partial charge in [0.2, 0.25) is 0 Å². The van der Waals surface area contributed by atoms with E-state index in [0.29, 0.717) is 19.8 Å². The summed E-state index contributed by atoms with van der Waals surface area (Å²) in [6.07, 6.45) is -2.30. The maximum Gasteiger partial charge on any atom is 0.200 e. The second-order valence-corrected chi connectivity index (χ2v) is 11.2. The van der Waals surface area contributed by atoms with Crippen LogP contribution in [0.15, 0.2) is 114 Å². The van der Waals surface area contributed by atoms with Gasteiger partial charge in [0.05, 0.1) is 25.9 Å². The lowest BCUT2D eigenvalue weighted by atomic mass is 9.98. The molecule has 6 heteroatoms. The van der Waals surface area contributed by atoms with E-state index in [2.05, 4.69) is 68.4 Å². The van der Waals surface area contributed by atoms with Gasteiger partial charge in [-0.15, -0.1) is 0 Å². The first kappa shape index (κ1) is 29.5. The molecule has 0 radical (unpaired) electrons. The third kappa shape index (κ3) is 8.07. The predicted octanol–water partition coefficient (Wildman–Crippen LogP) is 7.83. The van der Waals surface area contributed by atoms with Gasteiger partial charge in [-0.2, -0.15) is 0 Å². The Bertz CT molecular complexity index is 1310. The summed E-state index contributed by atoms with van der Waals surface area (Å²) < 4.78 is 32.7. The first-order valence-electron chi connectivity index (χ1n) is 14.1. The lowest BCUT2D eigenvalue weighted by Crippen LogP contribution is -2.59. The second kappa shape index (κ2) is 14.8. The summed E-state index contributed by atoms with van der Waals surface area (Å²) in [5.41, 5.74) is 5.55. The van der Waals surface area contributed by atoms with Crippen molar-refractivity contribution in [1.29, 1.82) is 0 Å². The summed E-state index contributed by atoms with van der Waals surface area (Å²) in [6.45, 7) is 7.46. The number of aryl methyl sites for hydroxylation is 2. The van der Waals surface area contributed by atoms with Gasteiger partial charge in [-0.1, -0.05) is 109 Å². The SMILES string of the molecule is Cc1cccc(C)c1SO[C@H]1O[C@@H](C)[C@@H](OCc2ccccc2)[C@@H](OCc2ccccc2)[C@@H]1OCc1ccccc1. The van der Waals surface area contributed by atoms with E-state index in [1.165, 1.54) is 12.0 Å². The average molecular weight is 571 g/mol. The Labute approximate surface area is 248 Å². The first-order chi connectivity index (χ1) is 20.1. The van der Waals surface area contributed by atoms with Crippen LogP contribution >= 0.6 is 12.0 Å². The van der Waals surface area contributed by atoms with Crippen LogP contribution in [0.25, 0.3) is 0 Å². The van der Waals surface area contributed by atoms with Gasteiger partial charge in [0, 0.05) is 16.9 Å². The molecule has 0 aromatic heterocycles. The predicted molar refractivity (Wildman–Crippen MR) is 162 cm³/mol. The zero-order valence-corrected chi connectivity index (χ0v) is 24.7. The largest absolute Gasteiger partial charge is 0.368 e. The average Bonchev–Trinajstić information content (AvgIpc) is 3.00. The molecule has 1 heterocycles. The number of benzene rings is 4. The third-order valence-electron chi connectivity index (χ3n) is 7.22. The van der Waals surface area contributed by atoms with E-state index in [1.807, 2.05) is 61.5 Å². The van der Waals surface area contributed by atoms with Crippen molar-refractivity contribution in [2.24, 2.45) is 0 Å². The molecule has 0 aliphatic carbocycles. The molecule has 0 saturated carbocycles. The molecule has 1 fully saturated rings. The lowest BCUT2D eigenvalue weighted by Gasteiger charge is -2.44. The highest BCUT2D eigenvalue weighted by Gasteiger charge is 2.48. The fraction of sp³-hybridized carbons (Fsp3) is 0.314. The highest BCUT2D eigenvalue weighted by molar-refractivity contribution is 7.94. The fourth-order valence-electron chi connectivity index (χ4n) is 4.97. The number of hydrogen-bond acceptors (Lipinski definition) is 6. The lowest BCUT2D eigenvalue weighted by molar-refractivity contribution is -0.298. The van der Waals surface area contributed by atoms with Crippen LogP contribution in [-0.2, 0) is 43.0 Å².